The molecule has 126 valence electrons. The van der Waals surface area contributed by atoms with Gasteiger partial charge in [0.1, 0.15) is 5.75 Å². The third-order valence-corrected chi connectivity index (χ3v) is 3.83. The summed E-state index contributed by atoms with van der Waals surface area (Å²) in [5.74, 6) is 0.844. The Morgan fingerprint density at radius 2 is 2.17 bits per heavy atom. The van der Waals surface area contributed by atoms with Gasteiger partial charge in [0.2, 0.25) is 0 Å². The van der Waals surface area contributed by atoms with Crippen LogP contribution in [0.1, 0.15) is 30.9 Å². The van der Waals surface area contributed by atoms with E-state index in [9.17, 15) is 10.1 Å². The quantitative estimate of drug-likeness (QED) is 0.428. The third-order valence-electron chi connectivity index (χ3n) is 3.83. The van der Waals surface area contributed by atoms with Gasteiger partial charge in [-0.15, -0.1) is 10.1 Å². The fourth-order valence-corrected chi connectivity index (χ4v) is 2.61. The molecule has 0 saturated heterocycles. The van der Waals surface area contributed by atoms with E-state index in [0.717, 1.165) is 30.8 Å². The Labute approximate surface area is 136 Å². The molecular weight excluding hydrogens is 298 g/mol. The lowest BCUT2D eigenvalue weighted by atomic mass is 10.0. The van der Waals surface area contributed by atoms with Crippen molar-refractivity contribution < 1.29 is 14.7 Å². The van der Waals surface area contributed by atoms with Crippen molar-refractivity contribution in [2.24, 2.45) is 0 Å². The van der Waals surface area contributed by atoms with E-state index in [1.807, 2.05) is 13.1 Å². The van der Waals surface area contributed by atoms with Crippen LogP contribution in [0.2, 0.25) is 0 Å². The molecule has 7 heteroatoms. The molecule has 1 aromatic rings. The molecule has 1 heterocycles. The van der Waals surface area contributed by atoms with Crippen molar-refractivity contribution >= 4 is 5.69 Å². The second-order valence-corrected chi connectivity index (χ2v) is 5.43. The van der Waals surface area contributed by atoms with E-state index in [1.165, 1.54) is 5.56 Å². The Bertz CT molecular complexity index is 562. The number of methoxy groups -OCH3 is 1. The van der Waals surface area contributed by atoms with Crippen molar-refractivity contribution in [3.8, 4) is 5.75 Å². The van der Waals surface area contributed by atoms with Crippen LogP contribution in [0.25, 0.3) is 0 Å². The molecule has 1 aliphatic rings. The molecule has 0 aromatic heterocycles. The molecule has 0 saturated carbocycles. The van der Waals surface area contributed by atoms with Crippen molar-refractivity contribution in [3.05, 3.63) is 46.2 Å². The SMILES string of the molecule is COc1ccc2c(c1)C(NCCCCCO[N+](=O)[O-])C=CN2C. The van der Waals surface area contributed by atoms with Gasteiger partial charge in [0.15, 0.2) is 0 Å². The van der Waals surface area contributed by atoms with Gasteiger partial charge in [0.05, 0.1) is 19.8 Å². The molecule has 1 atom stereocenters. The molecule has 0 spiro atoms. The van der Waals surface area contributed by atoms with Gasteiger partial charge >= 0.3 is 0 Å². The Hall–Kier alpha value is -2.28. The number of ether oxygens (including phenoxy) is 1. The van der Waals surface area contributed by atoms with Crippen molar-refractivity contribution in [3.63, 3.8) is 0 Å². The van der Waals surface area contributed by atoms with E-state index < -0.39 is 5.09 Å². The summed E-state index contributed by atoms with van der Waals surface area (Å²) in [5, 5.41) is 12.8. The predicted molar refractivity (Wildman–Crippen MR) is 88.1 cm³/mol. The summed E-state index contributed by atoms with van der Waals surface area (Å²) in [6.45, 7) is 1.01. The Morgan fingerprint density at radius 1 is 1.35 bits per heavy atom. The normalized spacial score (nSPS) is 16.1. The van der Waals surface area contributed by atoms with E-state index >= 15 is 0 Å². The molecule has 1 N–H and O–H groups in total. The largest absolute Gasteiger partial charge is 0.497 e. The molecular formula is C16H23N3O4. The van der Waals surface area contributed by atoms with Crippen LogP contribution < -0.4 is 15.0 Å². The number of fused-ring (bicyclic) bond motifs is 1. The lowest BCUT2D eigenvalue weighted by Crippen LogP contribution is -2.27. The van der Waals surface area contributed by atoms with Crippen LogP contribution in [-0.2, 0) is 4.84 Å². The Morgan fingerprint density at radius 3 is 2.91 bits per heavy atom. The van der Waals surface area contributed by atoms with Crippen LogP contribution in [-0.4, -0.2) is 32.4 Å². The average molecular weight is 321 g/mol. The third kappa shape index (κ3) is 4.85. The first kappa shape index (κ1) is 17.1. The first-order valence-electron chi connectivity index (χ1n) is 7.71. The highest BCUT2D eigenvalue weighted by molar-refractivity contribution is 5.62. The second-order valence-electron chi connectivity index (χ2n) is 5.43. The van der Waals surface area contributed by atoms with Crippen molar-refractivity contribution in [2.45, 2.75) is 25.3 Å². The lowest BCUT2D eigenvalue weighted by Gasteiger charge is -2.29. The minimum Gasteiger partial charge on any atom is -0.497 e. The number of benzene rings is 1. The molecule has 23 heavy (non-hydrogen) atoms. The van der Waals surface area contributed by atoms with Gasteiger partial charge in [-0.05, 0) is 43.7 Å². The zero-order valence-electron chi connectivity index (χ0n) is 13.5. The second kappa shape index (κ2) is 8.38. The van der Waals surface area contributed by atoms with Gasteiger partial charge in [-0.1, -0.05) is 6.42 Å². The zero-order valence-corrected chi connectivity index (χ0v) is 13.5. The van der Waals surface area contributed by atoms with Crippen LogP contribution in [0.4, 0.5) is 5.69 Å². The van der Waals surface area contributed by atoms with Gasteiger partial charge in [0, 0.05) is 24.5 Å². The van der Waals surface area contributed by atoms with E-state index in [1.54, 1.807) is 7.11 Å². The highest BCUT2D eigenvalue weighted by Crippen LogP contribution is 2.33. The fourth-order valence-electron chi connectivity index (χ4n) is 2.61. The standard InChI is InChI=1S/C16H23N3O4/c1-18-10-8-15(14-12-13(22-2)6-7-16(14)18)17-9-4-3-5-11-23-19(20)21/h6-8,10,12,15,17H,3-5,9,11H2,1-2H3. The topological polar surface area (TPSA) is 76.9 Å². The number of hydrogen-bond donors (Lipinski definition) is 1. The van der Waals surface area contributed by atoms with E-state index in [4.69, 9.17) is 4.74 Å². The lowest BCUT2D eigenvalue weighted by molar-refractivity contribution is -0.757. The van der Waals surface area contributed by atoms with E-state index in [0.29, 0.717) is 6.42 Å². The summed E-state index contributed by atoms with van der Waals surface area (Å²) in [4.78, 5) is 16.4. The molecule has 1 aromatic carbocycles. The van der Waals surface area contributed by atoms with Gasteiger partial charge < -0.3 is 19.8 Å². The zero-order chi connectivity index (χ0) is 16.7. The smallest absolute Gasteiger partial charge is 0.294 e. The summed E-state index contributed by atoms with van der Waals surface area (Å²) >= 11 is 0. The van der Waals surface area contributed by atoms with E-state index in [2.05, 4.69) is 39.5 Å². The van der Waals surface area contributed by atoms with Crippen molar-refractivity contribution in [2.75, 3.05) is 32.2 Å². The number of rotatable bonds is 9. The highest BCUT2D eigenvalue weighted by atomic mass is 16.9. The van der Waals surface area contributed by atoms with Gasteiger partial charge in [0.25, 0.3) is 5.09 Å². The Kier molecular flexibility index (Phi) is 6.22. The monoisotopic (exact) mass is 321 g/mol. The average Bonchev–Trinajstić information content (AvgIpc) is 2.55. The molecule has 2 rings (SSSR count). The number of anilines is 1. The summed E-state index contributed by atoms with van der Waals surface area (Å²) < 4.78 is 5.31. The molecule has 7 nitrogen and oxygen atoms in total. The molecule has 1 aliphatic heterocycles. The Balaban J connectivity index is 1.82. The number of nitrogens with zero attached hydrogens (tertiary/aromatic N) is 2. The predicted octanol–water partition coefficient (Wildman–Crippen LogP) is 2.67. The minimum atomic E-state index is -0.744. The molecule has 0 fully saturated rings. The maximum atomic E-state index is 10.0. The van der Waals surface area contributed by atoms with E-state index in [-0.39, 0.29) is 12.6 Å². The highest BCUT2D eigenvalue weighted by Gasteiger charge is 2.19. The number of unbranched alkanes of at least 4 members (excludes halogenated alkanes) is 2. The molecule has 0 aliphatic carbocycles. The maximum Gasteiger partial charge on any atom is 0.294 e. The van der Waals surface area contributed by atoms with Crippen LogP contribution in [0, 0.1) is 10.1 Å². The van der Waals surface area contributed by atoms with Gasteiger partial charge in [-0.25, -0.2) is 0 Å². The summed E-state index contributed by atoms with van der Waals surface area (Å²) in [6, 6.07) is 6.21. The van der Waals surface area contributed by atoms with Crippen LogP contribution in [0.15, 0.2) is 30.5 Å². The molecule has 0 radical (unpaired) electrons. The number of hydrogen-bond acceptors (Lipinski definition) is 6. The number of nitrogens with one attached hydrogen (secondary N) is 1. The van der Waals surface area contributed by atoms with Crippen molar-refractivity contribution in [1.29, 1.82) is 0 Å². The molecule has 0 amide bonds. The molecule has 0 bridgehead atoms. The van der Waals surface area contributed by atoms with Gasteiger partial charge in [-0.3, -0.25) is 0 Å². The minimum absolute atomic E-state index is 0.145. The first-order valence-corrected chi connectivity index (χ1v) is 7.71. The van der Waals surface area contributed by atoms with Gasteiger partial charge in [-0.2, -0.15) is 0 Å². The summed E-state index contributed by atoms with van der Waals surface area (Å²) in [6.07, 6.45) is 6.70. The fraction of sp³-hybridized carbons (Fsp3) is 0.500. The van der Waals surface area contributed by atoms with Crippen LogP contribution in [0.3, 0.4) is 0 Å². The van der Waals surface area contributed by atoms with Crippen LogP contribution in [0.5, 0.6) is 5.75 Å². The van der Waals surface area contributed by atoms with Crippen molar-refractivity contribution in [1.82, 2.24) is 5.32 Å². The summed E-state index contributed by atoms with van der Waals surface area (Å²) in [5.41, 5.74) is 2.34. The first-order chi connectivity index (χ1) is 11.1. The molecule has 1 unspecified atom stereocenters. The maximum absolute atomic E-state index is 10.0. The summed E-state index contributed by atoms with van der Waals surface area (Å²) in [7, 11) is 3.69. The van der Waals surface area contributed by atoms with Crippen LogP contribution >= 0.6 is 0 Å².